The van der Waals surface area contributed by atoms with E-state index in [1.165, 1.54) is 19.2 Å². The van der Waals surface area contributed by atoms with Gasteiger partial charge in [-0.05, 0) is 46.7 Å². The number of rotatable bonds is 7. The van der Waals surface area contributed by atoms with Crippen LogP contribution in [-0.4, -0.2) is 24.0 Å². The van der Waals surface area contributed by atoms with E-state index in [0.717, 1.165) is 17.2 Å². The first kappa shape index (κ1) is 23.8. The summed E-state index contributed by atoms with van der Waals surface area (Å²) in [6, 6.07) is 19.7. The van der Waals surface area contributed by atoms with Crippen molar-refractivity contribution in [1.82, 2.24) is 0 Å². The Bertz CT molecular complexity index is 1060. The summed E-state index contributed by atoms with van der Waals surface area (Å²) in [6.07, 6.45) is -6.19. The van der Waals surface area contributed by atoms with Gasteiger partial charge in [0.15, 0.2) is 5.60 Å². The number of ether oxygens (including phenoxy) is 1. The Morgan fingerprint density at radius 2 is 1.50 bits per heavy atom. The van der Waals surface area contributed by atoms with Gasteiger partial charge in [0.25, 0.3) is 0 Å². The molecular formula is C26H26F4O2. The smallest absolute Gasteiger partial charge is 0.417 e. The van der Waals surface area contributed by atoms with Gasteiger partial charge in [-0.1, -0.05) is 68.4 Å². The molecule has 3 aromatic carbocycles. The van der Waals surface area contributed by atoms with Crippen LogP contribution in [0.3, 0.4) is 0 Å². The Morgan fingerprint density at radius 1 is 0.844 bits per heavy atom. The number of methoxy groups -OCH3 is 1. The highest BCUT2D eigenvalue weighted by atomic mass is 19.4. The lowest BCUT2D eigenvalue weighted by molar-refractivity contribution is -0.266. The van der Waals surface area contributed by atoms with Crippen LogP contribution in [0.4, 0.5) is 17.6 Å². The highest BCUT2D eigenvalue weighted by Crippen LogP contribution is 2.45. The van der Waals surface area contributed by atoms with Crippen LogP contribution >= 0.6 is 0 Å². The van der Waals surface area contributed by atoms with E-state index in [0.29, 0.717) is 5.56 Å². The van der Waals surface area contributed by atoms with Gasteiger partial charge >= 0.3 is 6.18 Å². The highest BCUT2D eigenvalue weighted by molar-refractivity contribution is 5.64. The Balaban J connectivity index is 1.97. The number of aliphatic hydroxyl groups is 1. The van der Waals surface area contributed by atoms with Gasteiger partial charge in [-0.25, -0.2) is 4.39 Å². The third-order valence-electron chi connectivity index (χ3n) is 5.68. The van der Waals surface area contributed by atoms with Gasteiger partial charge < -0.3 is 9.84 Å². The van der Waals surface area contributed by atoms with Crippen molar-refractivity contribution in [3.63, 3.8) is 0 Å². The maximum absolute atomic E-state index is 14.2. The average Bonchev–Trinajstić information content (AvgIpc) is 2.73. The molecule has 1 atom stereocenters. The summed E-state index contributed by atoms with van der Waals surface area (Å²) >= 11 is 0. The minimum atomic E-state index is -4.90. The lowest BCUT2D eigenvalue weighted by atomic mass is 9.72. The van der Waals surface area contributed by atoms with E-state index >= 15 is 0 Å². The molecule has 0 bridgehead atoms. The van der Waals surface area contributed by atoms with Crippen LogP contribution in [0.25, 0.3) is 11.1 Å². The molecule has 0 aliphatic heterocycles. The van der Waals surface area contributed by atoms with Crippen LogP contribution in [0.15, 0.2) is 72.8 Å². The molecule has 0 aliphatic carbocycles. The van der Waals surface area contributed by atoms with Gasteiger partial charge in [0.2, 0.25) is 0 Å². The number of hydrogen-bond acceptors (Lipinski definition) is 2. The molecule has 1 N–H and O–H groups in total. The van der Waals surface area contributed by atoms with Gasteiger partial charge in [0, 0.05) is 12.0 Å². The molecule has 0 saturated carbocycles. The van der Waals surface area contributed by atoms with Crippen LogP contribution in [0.2, 0.25) is 0 Å². The lowest BCUT2D eigenvalue weighted by Crippen LogP contribution is -2.50. The molecule has 0 spiro atoms. The molecule has 170 valence electrons. The summed E-state index contributed by atoms with van der Waals surface area (Å²) in [4.78, 5) is 0. The second-order valence-electron chi connectivity index (χ2n) is 8.68. The fourth-order valence-electron chi connectivity index (χ4n) is 4.13. The van der Waals surface area contributed by atoms with E-state index in [-0.39, 0.29) is 11.3 Å². The van der Waals surface area contributed by atoms with E-state index in [4.69, 9.17) is 4.74 Å². The van der Waals surface area contributed by atoms with Crippen molar-refractivity contribution in [3.05, 3.63) is 89.7 Å². The van der Waals surface area contributed by atoms with Crippen LogP contribution in [0.5, 0.6) is 5.75 Å². The van der Waals surface area contributed by atoms with Crippen molar-refractivity contribution in [2.75, 3.05) is 7.11 Å². The first-order chi connectivity index (χ1) is 14.9. The zero-order chi connectivity index (χ0) is 23.6. The Labute approximate surface area is 185 Å². The van der Waals surface area contributed by atoms with Gasteiger partial charge in [-0.15, -0.1) is 0 Å². The summed E-state index contributed by atoms with van der Waals surface area (Å²) in [5.74, 6) is -0.313. The minimum Gasteiger partial charge on any atom is -0.496 e. The Hall–Kier alpha value is -2.86. The summed E-state index contributed by atoms with van der Waals surface area (Å²) in [6.45, 7) is 3.09. The normalized spacial score (nSPS) is 14.1. The Kier molecular flexibility index (Phi) is 6.65. The van der Waals surface area contributed by atoms with Crippen LogP contribution in [0, 0.1) is 5.82 Å². The average molecular weight is 446 g/mol. The fraction of sp³-hybridized carbons (Fsp3) is 0.308. The van der Waals surface area contributed by atoms with Crippen LogP contribution in [-0.2, 0) is 11.8 Å². The van der Waals surface area contributed by atoms with E-state index in [2.05, 4.69) is 0 Å². The van der Waals surface area contributed by atoms with Gasteiger partial charge in [-0.3, -0.25) is 0 Å². The summed E-state index contributed by atoms with van der Waals surface area (Å²) in [5.41, 5.74) is -2.00. The van der Waals surface area contributed by atoms with E-state index in [1.807, 2.05) is 36.4 Å². The first-order valence-corrected chi connectivity index (χ1v) is 10.2. The molecular weight excluding hydrogens is 420 g/mol. The summed E-state index contributed by atoms with van der Waals surface area (Å²) in [7, 11) is 1.37. The maximum Gasteiger partial charge on any atom is 0.417 e. The Morgan fingerprint density at radius 3 is 2.12 bits per heavy atom. The van der Waals surface area contributed by atoms with Gasteiger partial charge in [0.05, 0.1) is 7.11 Å². The quantitative estimate of drug-likeness (QED) is 0.409. The maximum atomic E-state index is 14.2. The summed E-state index contributed by atoms with van der Waals surface area (Å²) in [5, 5.41) is 10.9. The molecule has 0 amide bonds. The van der Waals surface area contributed by atoms with Gasteiger partial charge in [0.1, 0.15) is 11.6 Å². The topological polar surface area (TPSA) is 29.5 Å². The first-order valence-electron chi connectivity index (χ1n) is 10.2. The molecule has 3 aromatic rings. The lowest BCUT2D eigenvalue weighted by Gasteiger charge is -2.38. The van der Waals surface area contributed by atoms with E-state index < -0.39 is 35.9 Å². The molecule has 2 nitrogen and oxygen atoms in total. The molecule has 3 rings (SSSR count). The molecule has 0 heterocycles. The van der Waals surface area contributed by atoms with Crippen molar-refractivity contribution >= 4 is 0 Å². The molecule has 0 radical (unpaired) electrons. The second-order valence-corrected chi connectivity index (χ2v) is 8.68. The minimum absolute atomic E-state index is 0.265. The highest BCUT2D eigenvalue weighted by Gasteiger charge is 2.56. The number of benzene rings is 3. The molecule has 0 saturated heterocycles. The van der Waals surface area contributed by atoms with Crippen molar-refractivity contribution in [3.8, 4) is 16.9 Å². The standard InChI is InChI=1S/C26H26F4O2/c1-24(2,22-15-21(27)12-13-23(22)32-3)17-25(31,26(28,29)30)16-18-8-7-11-20(14-18)19-9-5-4-6-10-19/h4-15,31H,16-17H2,1-3H3. The SMILES string of the molecule is COc1ccc(F)cc1C(C)(C)CC(O)(Cc1cccc(-c2ccccc2)c1)C(F)(F)F. The second kappa shape index (κ2) is 8.94. The monoisotopic (exact) mass is 446 g/mol. The predicted molar refractivity (Wildman–Crippen MR) is 117 cm³/mol. The van der Waals surface area contributed by atoms with Crippen LogP contribution in [0.1, 0.15) is 31.4 Å². The number of halogens is 4. The predicted octanol–water partition coefficient (Wildman–Crippen LogP) is 6.71. The largest absolute Gasteiger partial charge is 0.496 e. The summed E-state index contributed by atoms with van der Waals surface area (Å²) < 4.78 is 61.6. The van der Waals surface area contributed by atoms with Crippen LogP contribution < -0.4 is 4.74 Å². The third-order valence-corrected chi connectivity index (χ3v) is 5.68. The van der Waals surface area contributed by atoms with E-state index in [1.54, 1.807) is 32.0 Å². The molecule has 6 heteroatoms. The van der Waals surface area contributed by atoms with Gasteiger partial charge in [-0.2, -0.15) is 13.2 Å². The van der Waals surface area contributed by atoms with Crippen molar-refractivity contribution in [2.24, 2.45) is 0 Å². The molecule has 1 unspecified atom stereocenters. The molecule has 32 heavy (non-hydrogen) atoms. The number of alkyl halides is 3. The molecule has 0 aromatic heterocycles. The fourth-order valence-corrected chi connectivity index (χ4v) is 4.13. The zero-order valence-electron chi connectivity index (χ0n) is 18.2. The van der Waals surface area contributed by atoms with E-state index in [9.17, 15) is 22.7 Å². The molecule has 0 aliphatic rings. The molecule has 0 fully saturated rings. The van der Waals surface area contributed by atoms with Crippen molar-refractivity contribution < 1.29 is 27.4 Å². The number of hydrogen-bond donors (Lipinski definition) is 1. The third kappa shape index (κ3) is 5.13. The zero-order valence-corrected chi connectivity index (χ0v) is 18.2. The van der Waals surface area contributed by atoms with Crippen molar-refractivity contribution in [1.29, 1.82) is 0 Å². The van der Waals surface area contributed by atoms with Crippen molar-refractivity contribution in [2.45, 2.75) is 43.9 Å².